The lowest BCUT2D eigenvalue weighted by Crippen LogP contribution is -2.58. The van der Waals surface area contributed by atoms with Crippen molar-refractivity contribution < 1.29 is 27.5 Å². The molecule has 0 aliphatic carbocycles. The molecule has 2 aromatic carbocycles. The first-order chi connectivity index (χ1) is 13.8. The second-order valence-corrected chi connectivity index (χ2v) is 7.39. The van der Waals surface area contributed by atoms with E-state index in [-0.39, 0.29) is 17.4 Å². The predicted octanol–water partition coefficient (Wildman–Crippen LogP) is 3.50. The number of fused-ring (bicyclic) bond motifs is 1. The number of nitrogens with one attached hydrogen (secondary N) is 1. The number of para-hydroxylation sites is 1. The fraction of sp³-hybridized carbons (Fsp3) is 0.333. The monoisotopic (exact) mass is 404 g/mol. The van der Waals surface area contributed by atoms with Crippen molar-refractivity contribution in [1.29, 1.82) is 0 Å². The Morgan fingerprint density at radius 2 is 1.69 bits per heavy atom. The Bertz CT molecular complexity index is 933. The number of amides is 2. The lowest BCUT2D eigenvalue weighted by Gasteiger charge is -2.41. The van der Waals surface area contributed by atoms with Crippen molar-refractivity contribution >= 4 is 11.8 Å². The van der Waals surface area contributed by atoms with Gasteiger partial charge in [0, 0.05) is 18.7 Å². The summed E-state index contributed by atoms with van der Waals surface area (Å²) in [4.78, 5) is 26.8. The number of alkyl halides is 3. The fourth-order valence-electron chi connectivity index (χ4n) is 3.73. The second-order valence-electron chi connectivity index (χ2n) is 7.39. The summed E-state index contributed by atoms with van der Waals surface area (Å²) < 4.78 is 43.9. The van der Waals surface area contributed by atoms with E-state index in [1.165, 1.54) is 12.1 Å². The van der Waals surface area contributed by atoms with Crippen LogP contribution in [0.3, 0.4) is 0 Å². The standard InChI is InChI=1S/C21H19F3N2O3/c22-21(23,24)15-7-5-14(6-8-15)19(28)26-11-9-20(10-12-26)13-29-17-4-2-1-3-16(17)18(27)25-20/h1-8H,9-13H2,(H,25,27). The number of carbonyl (C=O) groups is 2. The van der Waals surface area contributed by atoms with E-state index in [2.05, 4.69) is 5.32 Å². The molecule has 2 amide bonds. The number of nitrogens with zero attached hydrogens (tertiary/aromatic N) is 1. The van der Waals surface area contributed by atoms with Crippen LogP contribution in [-0.2, 0) is 6.18 Å². The number of hydrogen-bond acceptors (Lipinski definition) is 3. The molecule has 2 heterocycles. The summed E-state index contributed by atoms with van der Waals surface area (Å²) in [6.07, 6.45) is -3.44. The summed E-state index contributed by atoms with van der Waals surface area (Å²) in [5.74, 6) is 0.00322. The molecule has 5 nitrogen and oxygen atoms in total. The van der Waals surface area contributed by atoms with Crippen LogP contribution in [0.1, 0.15) is 39.1 Å². The third kappa shape index (κ3) is 3.79. The molecule has 152 valence electrons. The molecule has 1 N–H and O–H groups in total. The number of halogens is 3. The molecule has 2 aliphatic rings. The van der Waals surface area contributed by atoms with E-state index in [9.17, 15) is 22.8 Å². The number of rotatable bonds is 1. The number of piperidine rings is 1. The Hall–Kier alpha value is -3.03. The Kier molecular flexibility index (Phi) is 4.72. The van der Waals surface area contributed by atoms with Crippen LogP contribution in [0.15, 0.2) is 48.5 Å². The van der Waals surface area contributed by atoms with Gasteiger partial charge in [0.15, 0.2) is 0 Å². The van der Waals surface area contributed by atoms with Gasteiger partial charge in [-0.05, 0) is 49.2 Å². The molecule has 1 spiro atoms. The Labute approximate surface area is 165 Å². The number of hydrogen-bond donors (Lipinski definition) is 1. The molecular weight excluding hydrogens is 385 g/mol. The maximum absolute atomic E-state index is 12.7. The minimum atomic E-state index is -4.44. The van der Waals surface area contributed by atoms with Gasteiger partial charge in [-0.25, -0.2) is 0 Å². The van der Waals surface area contributed by atoms with E-state index >= 15 is 0 Å². The number of ether oxygens (including phenoxy) is 1. The smallest absolute Gasteiger partial charge is 0.416 e. The quantitative estimate of drug-likeness (QED) is 0.792. The van der Waals surface area contributed by atoms with Crippen LogP contribution in [0.2, 0.25) is 0 Å². The zero-order valence-electron chi connectivity index (χ0n) is 15.5. The number of benzene rings is 2. The van der Waals surface area contributed by atoms with Crippen LogP contribution in [-0.4, -0.2) is 41.9 Å². The molecule has 29 heavy (non-hydrogen) atoms. The van der Waals surface area contributed by atoms with Gasteiger partial charge in [-0.3, -0.25) is 9.59 Å². The molecule has 0 aromatic heterocycles. The van der Waals surface area contributed by atoms with Crippen molar-refractivity contribution in [3.05, 3.63) is 65.2 Å². The van der Waals surface area contributed by atoms with E-state index in [0.717, 1.165) is 12.1 Å². The summed E-state index contributed by atoms with van der Waals surface area (Å²) in [5.41, 5.74) is -0.674. The average molecular weight is 404 g/mol. The van der Waals surface area contributed by atoms with Gasteiger partial charge < -0.3 is 15.0 Å². The van der Waals surface area contributed by atoms with Crippen LogP contribution in [0.4, 0.5) is 13.2 Å². The van der Waals surface area contributed by atoms with Crippen LogP contribution in [0.5, 0.6) is 5.75 Å². The third-order valence-corrected chi connectivity index (χ3v) is 5.48. The van der Waals surface area contributed by atoms with Gasteiger partial charge in [-0.1, -0.05) is 12.1 Å². The summed E-state index contributed by atoms with van der Waals surface area (Å²) in [6.45, 7) is 1.05. The molecule has 8 heteroatoms. The maximum Gasteiger partial charge on any atom is 0.416 e. The molecule has 0 saturated carbocycles. The van der Waals surface area contributed by atoms with E-state index in [4.69, 9.17) is 4.74 Å². The zero-order chi connectivity index (χ0) is 20.6. The van der Waals surface area contributed by atoms with Gasteiger partial charge >= 0.3 is 6.18 Å². The molecule has 0 radical (unpaired) electrons. The van der Waals surface area contributed by atoms with Crippen molar-refractivity contribution in [2.75, 3.05) is 19.7 Å². The van der Waals surface area contributed by atoms with E-state index in [1.54, 1.807) is 29.2 Å². The van der Waals surface area contributed by atoms with E-state index in [0.29, 0.717) is 43.9 Å². The van der Waals surface area contributed by atoms with Gasteiger partial charge in [0.05, 0.1) is 16.7 Å². The van der Waals surface area contributed by atoms with Crippen molar-refractivity contribution in [3.8, 4) is 5.75 Å². The van der Waals surface area contributed by atoms with Gasteiger partial charge in [0.1, 0.15) is 12.4 Å². The lowest BCUT2D eigenvalue weighted by atomic mass is 9.87. The highest BCUT2D eigenvalue weighted by atomic mass is 19.4. The Balaban J connectivity index is 1.43. The molecular formula is C21H19F3N2O3. The van der Waals surface area contributed by atoms with Crippen LogP contribution in [0, 0.1) is 0 Å². The summed E-state index contributed by atoms with van der Waals surface area (Å²) in [6, 6.07) is 11.2. The van der Waals surface area contributed by atoms with Gasteiger partial charge in [-0.15, -0.1) is 0 Å². The highest BCUT2D eigenvalue weighted by molar-refractivity contribution is 5.98. The van der Waals surface area contributed by atoms with E-state index in [1.807, 2.05) is 0 Å². The Morgan fingerprint density at radius 3 is 2.34 bits per heavy atom. The first kappa shape index (κ1) is 19.3. The third-order valence-electron chi connectivity index (χ3n) is 5.48. The fourth-order valence-corrected chi connectivity index (χ4v) is 3.73. The minimum Gasteiger partial charge on any atom is -0.490 e. The average Bonchev–Trinajstić information content (AvgIpc) is 2.85. The predicted molar refractivity (Wildman–Crippen MR) is 98.7 cm³/mol. The highest BCUT2D eigenvalue weighted by Gasteiger charge is 2.40. The number of carbonyl (C=O) groups excluding carboxylic acids is 2. The van der Waals surface area contributed by atoms with Crippen LogP contribution < -0.4 is 10.1 Å². The minimum absolute atomic E-state index is 0.208. The summed E-state index contributed by atoms with van der Waals surface area (Å²) in [5, 5.41) is 3.05. The lowest BCUT2D eigenvalue weighted by molar-refractivity contribution is -0.137. The molecule has 2 aromatic rings. The molecule has 0 atom stereocenters. The Morgan fingerprint density at radius 1 is 1.03 bits per heavy atom. The van der Waals surface area contributed by atoms with E-state index < -0.39 is 17.3 Å². The number of likely N-dealkylation sites (tertiary alicyclic amines) is 1. The van der Waals surface area contributed by atoms with Crippen LogP contribution in [0.25, 0.3) is 0 Å². The first-order valence-electron chi connectivity index (χ1n) is 9.28. The molecule has 4 rings (SSSR count). The van der Waals surface area contributed by atoms with Crippen molar-refractivity contribution in [1.82, 2.24) is 10.2 Å². The molecule has 0 unspecified atom stereocenters. The molecule has 2 aliphatic heterocycles. The molecule has 1 fully saturated rings. The van der Waals surface area contributed by atoms with Gasteiger partial charge in [-0.2, -0.15) is 13.2 Å². The largest absolute Gasteiger partial charge is 0.490 e. The second kappa shape index (κ2) is 7.09. The van der Waals surface area contributed by atoms with Gasteiger partial charge in [0.2, 0.25) is 0 Å². The normalized spacial score (nSPS) is 18.4. The zero-order valence-corrected chi connectivity index (χ0v) is 15.5. The first-order valence-corrected chi connectivity index (χ1v) is 9.28. The van der Waals surface area contributed by atoms with Crippen LogP contribution >= 0.6 is 0 Å². The van der Waals surface area contributed by atoms with Gasteiger partial charge in [0.25, 0.3) is 11.8 Å². The summed E-state index contributed by atoms with van der Waals surface area (Å²) in [7, 11) is 0. The highest BCUT2D eigenvalue weighted by Crippen LogP contribution is 2.31. The molecule has 1 saturated heterocycles. The van der Waals surface area contributed by atoms with Crippen molar-refractivity contribution in [2.45, 2.75) is 24.6 Å². The topological polar surface area (TPSA) is 58.6 Å². The molecule has 0 bridgehead atoms. The summed E-state index contributed by atoms with van der Waals surface area (Å²) >= 11 is 0. The SMILES string of the molecule is O=C1NC2(CCN(C(=O)c3ccc(C(F)(F)F)cc3)CC2)COc2ccccc21. The maximum atomic E-state index is 12.7. The van der Waals surface area contributed by atoms with Crippen molar-refractivity contribution in [3.63, 3.8) is 0 Å². The van der Waals surface area contributed by atoms with Crippen molar-refractivity contribution in [2.24, 2.45) is 0 Å².